The second-order valence-corrected chi connectivity index (χ2v) is 5.67. The molecule has 0 saturated carbocycles. The topological polar surface area (TPSA) is 74.5 Å². The summed E-state index contributed by atoms with van der Waals surface area (Å²) >= 11 is 0. The lowest BCUT2D eigenvalue weighted by molar-refractivity contribution is 0.634. The minimum atomic E-state index is 0.785. The Bertz CT molecular complexity index is 822. The van der Waals surface area contributed by atoms with Crippen molar-refractivity contribution >= 4 is 23.2 Å². The van der Waals surface area contributed by atoms with Crippen LogP contribution in [-0.2, 0) is 0 Å². The lowest BCUT2D eigenvalue weighted by atomic mass is 10.3. The van der Waals surface area contributed by atoms with Crippen LogP contribution in [0.3, 0.4) is 0 Å². The Labute approximate surface area is 140 Å². The van der Waals surface area contributed by atoms with Gasteiger partial charge in [-0.2, -0.15) is 10.1 Å². The summed E-state index contributed by atoms with van der Waals surface area (Å²) in [6.45, 7) is 6.46. The Kier molecular flexibility index (Phi) is 3.86. The van der Waals surface area contributed by atoms with Crippen molar-refractivity contribution in [1.29, 1.82) is 0 Å². The van der Waals surface area contributed by atoms with Crippen LogP contribution in [0.15, 0.2) is 36.8 Å². The van der Waals surface area contributed by atoms with E-state index in [-0.39, 0.29) is 0 Å². The molecule has 1 fully saturated rings. The fourth-order valence-corrected chi connectivity index (χ4v) is 2.89. The molecule has 4 heterocycles. The van der Waals surface area contributed by atoms with Crippen molar-refractivity contribution in [2.24, 2.45) is 0 Å². The van der Waals surface area contributed by atoms with Gasteiger partial charge >= 0.3 is 0 Å². The van der Waals surface area contributed by atoms with E-state index in [9.17, 15) is 0 Å². The molecule has 0 amide bonds. The van der Waals surface area contributed by atoms with Gasteiger partial charge in [-0.15, -0.1) is 0 Å². The minimum absolute atomic E-state index is 0.785. The predicted octanol–water partition coefficient (Wildman–Crippen LogP) is 1.28. The molecule has 8 nitrogen and oxygen atoms in total. The van der Waals surface area contributed by atoms with Crippen molar-refractivity contribution in [2.45, 2.75) is 6.92 Å². The van der Waals surface area contributed by atoms with Gasteiger partial charge in [0, 0.05) is 51.2 Å². The van der Waals surface area contributed by atoms with E-state index >= 15 is 0 Å². The highest BCUT2D eigenvalue weighted by atomic mass is 15.3. The smallest absolute Gasteiger partial charge is 0.227 e. The van der Waals surface area contributed by atoms with Crippen LogP contribution in [0.2, 0.25) is 0 Å². The molecule has 4 rings (SSSR count). The highest BCUT2D eigenvalue weighted by Crippen LogP contribution is 2.18. The molecule has 8 heteroatoms. The number of piperazine rings is 1. The highest BCUT2D eigenvalue weighted by Gasteiger charge is 2.20. The molecule has 1 N–H and O–H groups in total. The number of nitrogens with zero attached hydrogens (tertiary/aromatic N) is 7. The van der Waals surface area contributed by atoms with Crippen LogP contribution in [0.25, 0.3) is 5.65 Å². The first-order valence-electron chi connectivity index (χ1n) is 8.21. The molecule has 0 atom stereocenters. The third kappa shape index (κ3) is 2.82. The quantitative estimate of drug-likeness (QED) is 0.775. The van der Waals surface area contributed by atoms with Crippen molar-refractivity contribution in [3.05, 3.63) is 36.8 Å². The fourth-order valence-electron chi connectivity index (χ4n) is 2.89. The lowest BCUT2D eigenvalue weighted by Gasteiger charge is -2.35. The number of aromatic nitrogens is 5. The number of hydrogen-bond donors (Lipinski definition) is 1. The van der Waals surface area contributed by atoms with E-state index in [1.807, 2.05) is 30.6 Å². The standard InChI is InChI=1S/C16H20N8/c1-2-17-13-3-6-18-16(20-13)23-11-9-22(10-12-23)14-5-8-24-15(21-14)4-7-19-24/h3-8H,2,9-12H2,1H3,(H,17,18,20). The Hall–Kier alpha value is -2.90. The fraction of sp³-hybridized carbons (Fsp3) is 0.375. The van der Waals surface area contributed by atoms with Crippen LogP contribution in [0.4, 0.5) is 17.6 Å². The molecular formula is C16H20N8. The molecule has 1 aliphatic heterocycles. The van der Waals surface area contributed by atoms with Crippen molar-refractivity contribution in [3.8, 4) is 0 Å². The average Bonchev–Trinajstić information content (AvgIpc) is 3.10. The van der Waals surface area contributed by atoms with E-state index in [2.05, 4.69) is 42.1 Å². The highest BCUT2D eigenvalue weighted by molar-refractivity contribution is 5.49. The van der Waals surface area contributed by atoms with E-state index in [0.717, 1.165) is 56.0 Å². The number of rotatable bonds is 4. The van der Waals surface area contributed by atoms with Crippen LogP contribution in [0.1, 0.15) is 6.92 Å². The Morgan fingerprint density at radius 2 is 1.83 bits per heavy atom. The molecule has 3 aromatic heterocycles. The molecule has 1 aliphatic rings. The molecule has 0 bridgehead atoms. The molecule has 0 spiro atoms. The third-order valence-electron chi connectivity index (χ3n) is 4.13. The van der Waals surface area contributed by atoms with Crippen LogP contribution >= 0.6 is 0 Å². The lowest BCUT2D eigenvalue weighted by Crippen LogP contribution is -2.47. The molecule has 0 aromatic carbocycles. The van der Waals surface area contributed by atoms with E-state index < -0.39 is 0 Å². The van der Waals surface area contributed by atoms with Crippen molar-refractivity contribution < 1.29 is 0 Å². The van der Waals surface area contributed by atoms with Crippen molar-refractivity contribution in [2.75, 3.05) is 47.8 Å². The van der Waals surface area contributed by atoms with Crippen LogP contribution in [-0.4, -0.2) is 57.3 Å². The summed E-state index contributed by atoms with van der Waals surface area (Å²) in [5.41, 5.74) is 0.872. The molecule has 1 saturated heterocycles. The zero-order valence-electron chi connectivity index (χ0n) is 13.6. The molecule has 0 unspecified atom stereocenters. The number of anilines is 3. The number of fused-ring (bicyclic) bond motifs is 1. The summed E-state index contributed by atoms with van der Waals surface area (Å²) in [6.07, 6.45) is 5.52. The maximum absolute atomic E-state index is 4.66. The molecule has 0 radical (unpaired) electrons. The summed E-state index contributed by atoms with van der Waals surface area (Å²) in [4.78, 5) is 18.2. The van der Waals surface area contributed by atoms with Crippen molar-refractivity contribution in [3.63, 3.8) is 0 Å². The first kappa shape index (κ1) is 14.7. The zero-order valence-corrected chi connectivity index (χ0v) is 13.6. The van der Waals surface area contributed by atoms with Crippen LogP contribution in [0.5, 0.6) is 0 Å². The second kappa shape index (κ2) is 6.31. The monoisotopic (exact) mass is 324 g/mol. The maximum atomic E-state index is 4.66. The van der Waals surface area contributed by atoms with Crippen LogP contribution in [0, 0.1) is 0 Å². The van der Waals surface area contributed by atoms with Gasteiger partial charge in [0.25, 0.3) is 0 Å². The molecule has 0 aliphatic carbocycles. The van der Waals surface area contributed by atoms with Gasteiger partial charge in [0.05, 0.1) is 6.20 Å². The second-order valence-electron chi connectivity index (χ2n) is 5.67. The number of nitrogens with one attached hydrogen (secondary N) is 1. The molecule has 24 heavy (non-hydrogen) atoms. The first-order valence-corrected chi connectivity index (χ1v) is 8.21. The molecule has 3 aromatic rings. The Morgan fingerprint density at radius 3 is 2.67 bits per heavy atom. The van der Waals surface area contributed by atoms with Gasteiger partial charge in [-0.1, -0.05) is 0 Å². The predicted molar refractivity (Wildman–Crippen MR) is 93.6 cm³/mol. The summed E-state index contributed by atoms with van der Waals surface area (Å²) in [6, 6.07) is 5.83. The van der Waals surface area contributed by atoms with Gasteiger partial charge in [-0.25, -0.2) is 14.5 Å². The summed E-state index contributed by atoms with van der Waals surface area (Å²) in [5.74, 6) is 2.65. The third-order valence-corrected chi connectivity index (χ3v) is 4.13. The van der Waals surface area contributed by atoms with Gasteiger partial charge in [-0.05, 0) is 19.1 Å². The van der Waals surface area contributed by atoms with Gasteiger partial charge < -0.3 is 15.1 Å². The van der Waals surface area contributed by atoms with E-state index in [1.54, 1.807) is 10.7 Å². The largest absolute Gasteiger partial charge is 0.370 e. The molecular weight excluding hydrogens is 304 g/mol. The van der Waals surface area contributed by atoms with Gasteiger partial charge in [-0.3, -0.25) is 0 Å². The van der Waals surface area contributed by atoms with Crippen molar-refractivity contribution in [1.82, 2.24) is 24.6 Å². The summed E-state index contributed by atoms with van der Waals surface area (Å²) < 4.78 is 1.78. The van der Waals surface area contributed by atoms with Gasteiger partial charge in [0.2, 0.25) is 5.95 Å². The Balaban J connectivity index is 1.45. The normalized spacial score (nSPS) is 15.0. The van der Waals surface area contributed by atoms with Crippen LogP contribution < -0.4 is 15.1 Å². The minimum Gasteiger partial charge on any atom is -0.370 e. The molecule has 124 valence electrons. The van der Waals surface area contributed by atoms with Gasteiger partial charge in [0.15, 0.2) is 5.65 Å². The zero-order chi connectivity index (χ0) is 16.4. The average molecular weight is 324 g/mol. The maximum Gasteiger partial charge on any atom is 0.227 e. The first-order chi connectivity index (χ1) is 11.8. The number of hydrogen-bond acceptors (Lipinski definition) is 7. The summed E-state index contributed by atoms with van der Waals surface area (Å²) in [7, 11) is 0. The van der Waals surface area contributed by atoms with E-state index in [0.29, 0.717) is 0 Å². The SMILES string of the molecule is CCNc1ccnc(N2CCN(c3ccn4nccc4n3)CC2)n1. The summed E-state index contributed by atoms with van der Waals surface area (Å²) in [5, 5.41) is 7.41. The van der Waals surface area contributed by atoms with E-state index in [4.69, 9.17) is 0 Å². The Morgan fingerprint density at radius 1 is 1.00 bits per heavy atom. The van der Waals surface area contributed by atoms with Gasteiger partial charge in [0.1, 0.15) is 11.6 Å². The van der Waals surface area contributed by atoms with E-state index in [1.165, 1.54) is 0 Å².